The zero-order valence-electron chi connectivity index (χ0n) is 12.1. The number of allylic oxidation sites excluding steroid dienone is 2. The number of aliphatic hydroxyl groups is 2. The molecule has 0 saturated carbocycles. The van der Waals surface area contributed by atoms with E-state index in [9.17, 15) is 10.2 Å². The molecule has 0 aromatic rings. The molecule has 1 rings (SSSR count). The molecule has 4 heteroatoms. The summed E-state index contributed by atoms with van der Waals surface area (Å²) >= 11 is 0. The summed E-state index contributed by atoms with van der Waals surface area (Å²) in [5.41, 5.74) is 5.67. The van der Waals surface area contributed by atoms with E-state index in [0.29, 0.717) is 32.4 Å². The van der Waals surface area contributed by atoms with Crippen LogP contribution in [0.3, 0.4) is 0 Å². The first-order chi connectivity index (χ1) is 9.04. The summed E-state index contributed by atoms with van der Waals surface area (Å²) in [5, 5.41) is 20.1. The van der Waals surface area contributed by atoms with Crippen molar-refractivity contribution in [3.05, 3.63) is 23.5 Å². The van der Waals surface area contributed by atoms with Crippen LogP contribution in [0.15, 0.2) is 23.5 Å². The summed E-state index contributed by atoms with van der Waals surface area (Å²) < 4.78 is 5.68. The Morgan fingerprint density at radius 2 is 2.11 bits per heavy atom. The maximum atomic E-state index is 10.2. The predicted octanol–water partition coefficient (Wildman–Crippen LogP) is 1.87. The molecule has 0 fully saturated rings. The second-order valence-electron chi connectivity index (χ2n) is 5.18. The lowest BCUT2D eigenvalue weighted by atomic mass is 9.96. The number of aliphatic hydroxyl groups excluding tert-OH is 1. The Balaban J connectivity index is 2.57. The van der Waals surface area contributed by atoms with E-state index < -0.39 is 11.7 Å². The molecule has 110 valence electrons. The second kappa shape index (κ2) is 7.68. The number of hydrogen-bond acceptors (Lipinski definition) is 4. The molecule has 0 saturated heterocycles. The highest BCUT2D eigenvalue weighted by Gasteiger charge is 2.24. The van der Waals surface area contributed by atoms with Gasteiger partial charge < -0.3 is 20.7 Å². The average molecular weight is 269 g/mol. The summed E-state index contributed by atoms with van der Waals surface area (Å²) in [5.74, 6) is 0.748. The van der Waals surface area contributed by atoms with Gasteiger partial charge in [0.2, 0.25) is 0 Å². The monoisotopic (exact) mass is 269 g/mol. The average Bonchev–Trinajstić information content (AvgIpc) is 2.45. The van der Waals surface area contributed by atoms with Crippen molar-refractivity contribution in [2.45, 2.75) is 57.7 Å². The Kier molecular flexibility index (Phi) is 6.55. The Labute approximate surface area is 116 Å². The van der Waals surface area contributed by atoms with E-state index in [2.05, 4.69) is 0 Å². The largest absolute Gasteiger partial charge is 0.491 e. The van der Waals surface area contributed by atoms with Crippen LogP contribution < -0.4 is 5.73 Å². The zero-order valence-corrected chi connectivity index (χ0v) is 12.1. The molecule has 0 aliphatic heterocycles. The van der Waals surface area contributed by atoms with Gasteiger partial charge in [-0.1, -0.05) is 13.8 Å². The van der Waals surface area contributed by atoms with Crippen molar-refractivity contribution in [3.8, 4) is 0 Å². The Morgan fingerprint density at radius 1 is 1.42 bits per heavy atom. The number of hydrogen-bond donors (Lipinski definition) is 3. The van der Waals surface area contributed by atoms with Gasteiger partial charge in [0.15, 0.2) is 0 Å². The van der Waals surface area contributed by atoms with E-state index in [1.807, 2.05) is 26.0 Å². The van der Waals surface area contributed by atoms with Gasteiger partial charge >= 0.3 is 0 Å². The summed E-state index contributed by atoms with van der Waals surface area (Å²) in [7, 11) is 0. The van der Waals surface area contributed by atoms with Gasteiger partial charge in [-0.05, 0) is 56.4 Å². The predicted molar refractivity (Wildman–Crippen MR) is 76.6 cm³/mol. The molecule has 0 bridgehead atoms. The summed E-state index contributed by atoms with van der Waals surface area (Å²) in [4.78, 5) is 0. The minimum absolute atomic E-state index is 0.294. The van der Waals surface area contributed by atoms with Gasteiger partial charge in [0.05, 0.1) is 11.7 Å². The Hall–Kier alpha value is -0.840. The summed E-state index contributed by atoms with van der Waals surface area (Å²) in [6.45, 7) is 4.68. The van der Waals surface area contributed by atoms with E-state index >= 15 is 0 Å². The fraction of sp³-hybridized carbons (Fsp3) is 0.733. The Morgan fingerprint density at radius 3 is 2.68 bits per heavy atom. The maximum absolute atomic E-state index is 10.2. The lowest BCUT2D eigenvalue weighted by molar-refractivity contribution is -0.0303. The van der Waals surface area contributed by atoms with Crippen molar-refractivity contribution in [1.82, 2.24) is 0 Å². The molecule has 1 aliphatic carbocycles. The molecule has 0 spiro atoms. The lowest BCUT2D eigenvalue weighted by Crippen LogP contribution is -2.32. The van der Waals surface area contributed by atoms with Crippen molar-refractivity contribution < 1.29 is 14.9 Å². The zero-order chi connectivity index (χ0) is 14.3. The molecule has 1 unspecified atom stereocenters. The molecule has 19 heavy (non-hydrogen) atoms. The van der Waals surface area contributed by atoms with Crippen LogP contribution in [0.4, 0.5) is 0 Å². The highest BCUT2D eigenvalue weighted by molar-refractivity contribution is 5.26. The van der Waals surface area contributed by atoms with Gasteiger partial charge in [-0.15, -0.1) is 0 Å². The van der Waals surface area contributed by atoms with Crippen LogP contribution in [0.5, 0.6) is 0 Å². The lowest BCUT2D eigenvalue weighted by Gasteiger charge is -2.26. The fourth-order valence-electron chi connectivity index (χ4n) is 2.07. The third-order valence-corrected chi connectivity index (χ3v) is 3.80. The van der Waals surface area contributed by atoms with Crippen LogP contribution in [0.25, 0.3) is 0 Å². The fourth-order valence-corrected chi connectivity index (χ4v) is 2.07. The van der Waals surface area contributed by atoms with Gasteiger partial charge in [-0.25, -0.2) is 0 Å². The molecule has 0 radical (unpaired) electrons. The van der Waals surface area contributed by atoms with Crippen LogP contribution in [0.1, 0.15) is 46.0 Å². The first-order valence-electron chi connectivity index (χ1n) is 7.18. The third kappa shape index (κ3) is 4.97. The van der Waals surface area contributed by atoms with Crippen molar-refractivity contribution >= 4 is 0 Å². The van der Waals surface area contributed by atoms with Gasteiger partial charge in [0, 0.05) is 0 Å². The van der Waals surface area contributed by atoms with Crippen LogP contribution in [-0.4, -0.2) is 35.1 Å². The van der Waals surface area contributed by atoms with Gasteiger partial charge in [0.1, 0.15) is 12.4 Å². The van der Waals surface area contributed by atoms with E-state index in [-0.39, 0.29) is 0 Å². The van der Waals surface area contributed by atoms with Crippen molar-refractivity contribution in [2.24, 2.45) is 5.73 Å². The van der Waals surface area contributed by atoms with E-state index in [1.54, 1.807) is 0 Å². The minimum atomic E-state index is -0.762. The highest BCUT2D eigenvalue weighted by atomic mass is 16.5. The first-order valence-corrected chi connectivity index (χ1v) is 7.18. The van der Waals surface area contributed by atoms with Gasteiger partial charge in [-0.2, -0.15) is 0 Å². The number of ether oxygens (including phenoxy) is 1. The molecule has 4 N–H and O–H groups in total. The normalized spacial score (nSPS) is 17.7. The minimum Gasteiger partial charge on any atom is -0.491 e. The second-order valence-corrected chi connectivity index (χ2v) is 5.18. The molecule has 1 atom stereocenters. The molecule has 1 aliphatic rings. The van der Waals surface area contributed by atoms with E-state index in [0.717, 1.165) is 24.2 Å². The molecular formula is C15H27NO3. The van der Waals surface area contributed by atoms with Crippen LogP contribution in [0.2, 0.25) is 0 Å². The smallest absolute Gasteiger partial charge is 0.117 e. The molecular weight excluding hydrogens is 242 g/mol. The van der Waals surface area contributed by atoms with E-state index in [4.69, 9.17) is 10.5 Å². The topological polar surface area (TPSA) is 75.7 Å². The SMILES string of the molecule is CCC(O)(CC)COC1=CCCC(C(O)CCN)=C1. The highest BCUT2D eigenvalue weighted by Crippen LogP contribution is 2.24. The molecule has 0 heterocycles. The molecule has 4 nitrogen and oxygen atoms in total. The van der Waals surface area contributed by atoms with Crippen LogP contribution in [-0.2, 0) is 4.74 Å². The quantitative estimate of drug-likeness (QED) is 0.629. The standard InChI is InChI=1S/C15H27NO3/c1-3-15(18,4-2)11-19-13-7-5-6-12(10-13)14(17)8-9-16/h7,10,14,17-18H,3-6,8-9,11,16H2,1-2H3. The maximum Gasteiger partial charge on any atom is 0.117 e. The molecule has 0 amide bonds. The van der Waals surface area contributed by atoms with Crippen molar-refractivity contribution in [1.29, 1.82) is 0 Å². The number of nitrogens with two attached hydrogens (primary N) is 1. The summed E-state index contributed by atoms with van der Waals surface area (Å²) in [6.07, 6.45) is 7.03. The van der Waals surface area contributed by atoms with E-state index in [1.165, 1.54) is 0 Å². The third-order valence-electron chi connectivity index (χ3n) is 3.80. The number of rotatable bonds is 8. The van der Waals surface area contributed by atoms with Crippen molar-refractivity contribution in [2.75, 3.05) is 13.2 Å². The van der Waals surface area contributed by atoms with Crippen LogP contribution in [0, 0.1) is 0 Å². The molecule has 0 aromatic heterocycles. The van der Waals surface area contributed by atoms with Gasteiger partial charge in [0.25, 0.3) is 0 Å². The molecule has 0 aromatic carbocycles. The van der Waals surface area contributed by atoms with Gasteiger partial charge in [-0.3, -0.25) is 0 Å². The van der Waals surface area contributed by atoms with Crippen LogP contribution >= 0.6 is 0 Å². The Bertz CT molecular complexity index is 332. The summed E-state index contributed by atoms with van der Waals surface area (Å²) in [6, 6.07) is 0. The first kappa shape index (κ1) is 16.2. The van der Waals surface area contributed by atoms with Crippen molar-refractivity contribution in [3.63, 3.8) is 0 Å².